The second kappa shape index (κ2) is 7.37. The molecule has 0 aromatic carbocycles. The van der Waals surface area contributed by atoms with Gasteiger partial charge in [-0.3, -0.25) is 9.59 Å². The zero-order valence-corrected chi connectivity index (χ0v) is 15.0. The number of carboxylic acids is 1. The van der Waals surface area contributed by atoms with Gasteiger partial charge in [0.2, 0.25) is 15.9 Å². The first-order chi connectivity index (χ1) is 11.2. The standard InChI is InChI=1S/C15H26N2O6S/c1-11(2)23-6-7-24(21,22)16-8-13(18)17-9-12-4-3-5-15(12,10-17)14(19)20/h11-12,16H,3-10H2,1-2H3,(H,19,20)/t12-,15+/m0/s1. The zero-order chi connectivity index (χ0) is 18.0. The molecule has 0 spiro atoms. The lowest BCUT2D eigenvalue weighted by Gasteiger charge is -2.23. The van der Waals surface area contributed by atoms with E-state index in [0.717, 1.165) is 12.8 Å². The summed E-state index contributed by atoms with van der Waals surface area (Å²) in [6, 6.07) is 0. The van der Waals surface area contributed by atoms with Crippen LogP contribution in [0.4, 0.5) is 0 Å². The van der Waals surface area contributed by atoms with Crippen LogP contribution in [0.3, 0.4) is 0 Å². The fraction of sp³-hybridized carbons (Fsp3) is 0.867. The number of carbonyl (C=O) groups excluding carboxylic acids is 1. The number of nitrogens with zero attached hydrogens (tertiary/aromatic N) is 1. The topological polar surface area (TPSA) is 113 Å². The number of sulfonamides is 1. The van der Waals surface area contributed by atoms with E-state index >= 15 is 0 Å². The number of hydrogen-bond donors (Lipinski definition) is 2. The van der Waals surface area contributed by atoms with E-state index in [4.69, 9.17) is 4.74 Å². The minimum Gasteiger partial charge on any atom is -0.481 e. The third-order valence-corrected chi connectivity index (χ3v) is 6.18. The van der Waals surface area contributed by atoms with Crippen molar-refractivity contribution in [2.24, 2.45) is 11.3 Å². The van der Waals surface area contributed by atoms with E-state index in [-0.39, 0.29) is 43.4 Å². The molecule has 1 aliphatic heterocycles. The van der Waals surface area contributed by atoms with Gasteiger partial charge in [-0.2, -0.15) is 0 Å². The number of carbonyl (C=O) groups is 2. The summed E-state index contributed by atoms with van der Waals surface area (Å²) in [7, 11) is -3.59. The number of hydrogen-bond acceptors (Lipinski definition) is 5. The van der Waals surface area contributed by atoms with E-state index < -0.39 is 21.4 Å². The first-order valence-corrected chi connectivity index (χ1v) is 9.91. The number of rotatable bonds is 8. The van der Waals surface area contributed by atoms with Crippen LogP contribution in [0.25, 0.3) is 0 Å². The van der Waals surface area contributed by atoms with Gasteiger partial charge in [0.25, 0.3) is 0 Å². The summed E-state index contributed by atoms with van der Waals surface area (Å²) in [6.45, 7) is 3.91. The van der Waals surface area contributed by atoms with Crippen molar-refractivity contribution in [1.82, 2.24) is 9.62 Å². The van der Waals surface area contributed by atoms with Crippen molar-refractivity contribution in [3.05, 3.63) is 0 Å². The Morgan fingerprint density at radius 3 is 2.71 bits per heavy atom. The van der Waals surface area contributed by atoms with Crippen LogP contribution in [-0.2, 0) is 24.3 Å². The van der Waals surface area contributed by atoms with Crippen molar-refractivity contribution >= 4 is 21.9 Å². The highest BCUT2D eigenvalue weighted by Crippen LogP contribution is 2.48. The summed E-state index contributed by atoms with van der Waals surface area (Å²) in [5.74, 6) is -1.47. The number of likely N-dealkylation sites (tertiary alicyclic amines) is 1. The third-order valence-electron chi connectivity index (χ3n) is 4.90. The Balaban J connectivity index is 1.84. The SMILES string of the molecule is CC(C)OCCS(=O)(=O)NCC(=O)N1C[C@@H]2CCC[C@@]2(C(=O)O)C1. The van der Waals surface area contributed by atoms with Gasteiger partial charge in [0.1, 0.15) is 0 Å². The fourth-order valence-corrected chi connectivity index (χ4v) is 4.38. The molecule has 1 saturated heterocycles. The largest absolute Gasteiger partial charge is 0.481 e. The first kappa shape index (κ1) is 19.1. The average Bonchev–Trinajstić information content (AvgIpc) is 3.02. The number of carboxylic acid groups (broad SMARTS) is 1. The van der Waals surface area contributed by atoms with Crippen LogP contribution in [0.5, 0.6) is 0 Å². The van der Waals surface area contributed by atoms with E-state index in [0.29, 0.717) is 13.0 Å². The van der Waals surface area contributed by atoms with Gasteiger partial charge in [-0.25, -0.2) is 13.1 Å². The van der Waals surface area contributed by atoms with E-state index in [1.54, 1.807) is 0 Å². The molecule has 138 valence electrons. The van der Waals surface area contributed by atoms with Crippen LogP contribution in [0.2, 0.25) is 0 Å². The molecule has 1 saturated carbocycles. The van der Waals surface area contributed by atoms with Crippen molar-refractivity contribution in [3.63, 3.8) is 0 Å². The predicted octanol–water partition coefficient (Wildman–Crippen LogP) is 0.0441. The van der Waals surface area contributed by atoms with Gasteiger partial charge in [0, 0.05) is 13.1 Å². The number of nitrogens with one attached hydrogen (secondary N) is 1. The van der Waals surface area contributed by atoms with Gasteiger partial charge in [0.05, 0.1) is 30.4 Å². The quantitative estimate of drug-likeness (QED) is 0.630. The highest BCUT2D eigenvalue weighted by molar-refractivity contribution is 7.89. The van der Waals surface area contributed by atoms with Crippen molar-refractivity contribution < 1.29 is 27.9 Å². The second-order valence-electron chi connectivity index (χ2n) is 6.88. The molecule has 0 aromatic rings. The number of fused-ring (bicyclic) bond motifs is 1. The second-order valence-corrected chi connectivity index (χ2v) is 8.81. The molecule has 24 heavy (non-hydrogen) atoms. The molecule has 0 bridgehead atoms. The Hall–Kier alpha value is -1.19. The lowest BCUT2D eigenvalue weighted by Crippen LogP contribution is -2.42. The molecule has 1 heterocycles. The van der Waals surface area contributed by atoms with Crippen LogP contribution >= 0.6 is 0 Å². The van der Waals surface area contributed by atoms with E-state index in [9.17, 15) is 23.1 Å². The maximum atomic E-state index is 12.2. The van der Waals surface area contributed by atoms with Crippen molar-refractivity contribution in [2.75, 3.05) is 32.0 Å². The number of ether oxygens (including phenoxy) is 1. The van der Waals surface area contributed by atoms with Crippen LogP contribution in [0.15, 0.2) is 0 Å². The van der Waals surface area contributed by atoms with E-state index in [1.165, 1.54) is 4.90 Å². The van der Waals surface area contributed by atoms with Crippen LogP contribution in [0, 0.1) is 11.3 Å². The molecule has 0 aromatic heterocycles. The summed E-state index contributed by atoms with van der Waals surface area (Å²) in [4.78, 5) is 25.3. The average molecular weight is 362 g/mol. The zero-order valence-electron chi connectivity index (χ0n) is 14.2. The van der Waals surface area contributed by atoms with Crippen LogP contribution in [0.1, 0.15) is 33.1 Å². The van der Waals surface area contributed by atoms with Gasteiger partial charge >= 0.3 is 5.97 Å². The summed E-state index contributed by atoms with van der Waals surface area (Å²) in [6.07, 6.45) is 2.18. The van der Waals surface area contributed by atoms with Crippen molar-refractivity contribution in [3.8, 4) is 0 Å². The predicted molar refractivity (Wildman–Crippen MR) is 86.9 cm³/mol. The monoisotopic (exact) mass is 362 g/mol. The molecule has 8 nitrogen and oxygen atoms in total. The molecule has 2 atom stereocenters. The lowest BCUT2D eigenvalue weighted by atomic mass is 9.81. The Morgan fingerprint density at radius 2 is 2.12 bits per heavy atom. The summed E-state index contributed by atoms with van der Waals surface area (Å²) in [5.41, 5.74) is -0.848. The Kier molecular flexibility index (Phi) is 5.87. The Labute approximate surface area is 142 Å². The van der Waals surface area contributed by atoms with Gasteiger partial charge in [-0.1, -0.05) is 6.42 Å². The van der Waals surface area contributed by atoms with Gasteiger partial charge in [-0.05, 0) is 32.6 Å². The van der Waals surface area contributed by atoms with E-state index in [1.807, 2.05) is 13.8 Å². The maximum Gasteiger partial charge on any atom is 0.311 e. The molecule has 2 N–H and O–H groups in total. The molecule has 9 heteroatoms. The molecular formula is C15H26N2O6S. The molecule has 2 aliphatic rings. The Morgan fingerprint density at radius 1 is 1.42 bits per heavy atom. The van der Waals surface area contributed by atoms with E-state index in [2.05, 4.69) is 4.72 Å². The number of amides is 1. The smallest absolute Gasteiger partial charge is 0.311 e. The van der Waals surface area contributed by atoms with Gasteiger partial charge in [0.15, 0.2) is 0 Å². The van der Waals surface area contributed by atoms with Gasteiger partial charge < -0.3 is 14.7 Å². The summed E-state index contributed by atoms with van der Waals surface area (Å²) < 4.78 is 31.2. The van der Waals surface area contributed by atoms with Crippen molar-refractivity contribution in [1.29, 1.82) is 0 Å². The minimum absolute atomic E-state index is 0.0324. The summed E-state index contributed by atoms with van der Waals surface area (Å²) >= 11 is 0. The fourth-order valence-electron chi connectivity index (χ4n) is 3.58. The molecule has 2 fully saturated rings. The molecule has 1 amide bonds. The number of aliphatic carboxylic acids is 1. The molecule has 0 radical (unpaired) electrons. The molecule has 1 aliphatic carbocycles. The highest BCUT2D eigenvalue weighted by Gasteiger charge is 2.55. The first-order valence-electron chi connectivity index (χ1n) is 8.26. The lowest BCUT2D eigenvalue weighted by molar-refractivity contribution is -0.149. The third kappa shape index (κ3) is 4.25. The van der Waals surface area contributed by atoms with Crippen LogP contribution < -0.4 is 4.72 Å². The molecule has 2 rings (SSSR count). The van der Waals surface area contributed by atoms with Crippen LogP contribution in [-0.4, -0.2) is 68.4 Å². The summed E-state index contributed by atoms with van der Waals surface area (Å²) in [5, 5.41) is 9.51. The molecule has 0 unspecified atom stereocenters. The van der Waals surface area contributed by atoms with Crippen molar-refractivity contribution in [2.45, 2.75) is 39.2 Å². The molecular weight excluding hydrogens is 336 g/mol. The van der Waals surface area contributed by atoms with Gasteiger partial charge in [-0.15, -0.1) is 0 Å². The Bertz CT molecular complexity index is 591. The highest BCUT2D eigenvalue weighted by atomic mass is 32.2. The normalized spacial score (nSPS) is 26.8. The maximum absolute atomic E-state index is 12.2. The minimum atomic E-state index is -3.59.